The number of aromatic nitrogens is 2. The quantitative estimate of drug-likeness (QED) is 0.701. The van der Waals surface area contributed by atoms with Crippen molar-refractivity contribution < 1.29 is 0 Å². The van der Waals surface area contributed by atoms with Gasteiger partial charge < -0.3 is 0 Å². The van der Waals surface area contributed by atoms with Crippen molar-refractivity contribution in [2.75, 3.05) is 0 Å². The zero-order valence-electron chi connectivity index (χ0n) is 9.77. The topological polar surface area (TPSA) is 17.8 Å². The van der Waals surface area contributed by atoms with Crippen LogP contribution in [0.4, 0.5) is 0 Å². The highest BCUT2D eigenvalue weighted by atomic mass is 15.3. The fourth-order valence-corrected chi connectivity index (χ4v) is 1.90. The Hall–Kier alpha value is -0.790. The summed E-state index contributed by atoms with van der Waals surface area (Å²) < 4.78 is 2.11. The molecule has 0 aliphatic carbocycles. The van der Waals surface area contributed by atoms with Crippen LogP contribution < -0.4 is 0 Å². The molecule has 14 heavy (non-hydrogen) atoms. The van der Waals surface area contributed by atoms with E-state index in [0.717, 1.165) is 11.8 Å². The SMILES string of the molecule is CC(C)CC(CC(C)C)n1cccn1. The van der Waals surface area contributed by atoms with Crippen molar-refractivity contribution in [2.45, 2.75) is 46.6 Å². The van der Waals surface area contributed by atoms with Gasteiger partial charge in [0.2, 0.25) is 0 Å². The first kappa shape index (κ1) is 11.3. The zero-order valence-corrected chi connectivity index (χ0v) is 9.77. The summed E-state index contributed by atoms with van der Waals surface area (Å²) in [4.78, 5) is 0. The van der Waals surface area contributed by atoms with Gasteiger partial charge in [-0.3, -0.25) is 4.68 Å². The van der Waals surface area contributed by atoms with E-state index >= 15 is 0 Å². The molecule has 1 rings (SSSR count). The van der Waals surface area contributed by atoms with Crippen LogP contribution in [0, 0.1) is 11.8 Å². The van der Waals surface area contributed by atoms with Gasteiger partial charge in [-0.15, -0.1) is 0 Å². The monoisotopic (exact) mass is 194 g/mol. The van der Waals surface area contributed by atoms with E-state index in [0.29, 0.717) is 6.04 Å². The van der Waals surface area contributed by atoms with Crippen molar-refractivity contribution in [2.24, 2.45) is 11.8 Å². The Bertz CT molecular complexity index is 227. The maximum Gasteiger partial charge on any atom is 0.0524 e. The van der Waals surface area contributed by atoms with Crippen molar-refractivity contribution in [1.82, 2.24) is 9.78 Å². The summed E-state index contributed by atoms with van der Waals surface area (Å²) in [6, 6.07) is 2.58. The molecule has 0 saturated heterocycles. The normalized spacial score (nSPS) is 11.9. The van der Waals surface area contributed by atoms with E-state index in [1.165, 1.54) is 12.8 Å². The van der Waals surface area contributed by atoms with Crippen LogP contribution in [0.1, 0.15) is 46.6 Å². The smallest absolute Gasteiger partial charge is 0.0524 e. The standard InChI is InChI=1S/C12H22N2/c1-10(2)8-12(9-11(3)4)14-7-5-6-13-14/h5-7,10-12H,8-9H2,1-4H3. The predicted molar refractivity (Wildman–Crippen MR) is 60.2 cm³/mol. The minimum atomic E-state index is 0.574. The van der Waals surface area contributed by atoms with Crippen molar-refractivity contribution in [3.8, 4) is 0 Å². The number of nitrogens with zero attached hydrogens (tertiary/aromatic N) is 2. The molecule has 0 aliphatic rings. The highest BCUT2D eigenvalue weighted by Crippen LogP contribution is 2.23. The van der Waals surface area contributed by atoms with Gasteiger partial charge in [0.25, 0.3) is 0 Å². The molecule has 0 amide bonds. The van der Waals surface area contributed by atoms with Crippen LogP contribution in [0.3, 0.4) is 0 Å². The van der Waals surface area contributed by atoms with Crippen molar-refractivity contribution in [1.29, 1.82) is 0 Å². The Labute approximate surface area is 87.3 Å². The second kappa shape index (κ2) is 5.18. The van der Waals surface area contributed by atoms with Crippen LogP contribution in [-0.4, -0.2) is 9.78 Å². The van der Waals surface area contributed by atoms with Crippen LogP contribution in [0.25, 0.3) is 0 Å². The third kappa shape index (κ3) is 3.52. The molecule has 2 heteroatoms. The van der Waals surface area contributed by atoms with Crippen LogP contribution in [0.2, 0.25) is 0 Å². The van der Waals surface area contributed by atoms with Gasteiger partial charge in [-0.25, -0.2) is 0 Å². The molecular weight excluding hydrogens is 172 g/mol. The van der Waals surface area contributed by atoms with Crippen LogP contribution >= 0.6 is 0 Å². The molecule has 0 radical (unpaired) electrons. The summed E-state index contributed by atoms with van der Waals surface area (Å²) in [5.74, 6) is 1.48. The van der Waals surface area contributed by atoms with E-state index in [4.69, 9.17) is 0 Å². The lowest BCUT2D eigenvalue weighted by atomic mass is 9.96. The number of hydrogen-bond donors (Lipinski definition) is 0. The van der Waals surface area contributed by atoms with E-state index < -0.39 is 0 Å². The van der Waals surface area contributed by atoms with E-state index in [-0.39, 0.29) is 0 Å². The molecule has 1 aromatic rings. The highest BCUT2D eigenvalue weighted by molar-refractivity contribution is 4.82. The molecule has 0 N–H and O–H groups in total. The molecule has 2 nitrogen and oxygen atoms in total. The van der Waals surface area contributed by atoms with Gasteiger partial charge in [0.15, 0.2) is 0 Å². The fourth-order valence-electron chi connectivity index (χ4n) is 1.90. The maximum absolute atomic E-state index is 4.34. The summed E-state index contributed by atoms with van der Waals surface area (Å²) in [7, 11) is 0. The number of hydrogen-bond acceptors (Lipinski definition) is 1. The van der Waals surface area contributed by atoms with Gasteiger partial charge >= 0.3 is 0 Å². The second-order valence-corrected chi connectivity index (χ2v) is 4.90. The Morgan fingerprint density at radius 3 is 2.00 bits per heavy atom. The second-order valence-electron chi connectivity index (χ2n) is 4.90. The van der Waals surface area contributed by atoms with Gasteiger partial charge in [0.05, 0.1) is 6.04 Å². The summed E-state index contributed by atoms with van der Waals surface area (Å²) in [6.07, 6.45) is 6.39. The van der Waals surface area contributed by atoms with Crippen molar-refractivity contribution in [3.05, 3.63) is 18.5 Å². The molecular formula is C12H22N2. The molecule has 0 unspecified atom stereocenters. The molecule has 0 atom stereocenters. The third-order valence-corrected chi connectivity index (χ3v) is 2.39. The van der Waals surface area contributed by atoms with E-state index in [9.17, 15) is 0 Å². The largest absolute Gasteiger partial charge is 0.270 e. The van der Waals surface area contributed by atoms with Gasteiger partial charge in [0, 0.05) is 12.4 Å². The predicted octanol–water partition coefficient (Wildman–Crippen LogP) is 3.52. The number of rotatable bonds is 5. The molecule has 0 spiro atoms. The van der Waals surface area contributed by atoms with Gasteiger partial charge in [0.1, 0.15) is 0 Å². The lowest BCUT2D eigenvalue weighted by molar-refractivity contribution is 0.317. The first-order valence-electron chi connectivity index (χ1n) is 5.58. The minimum absolute atomic E-state index is 0.574. The van der Waals surface area contributed by atoms with E-state index in [1.807, 2.05) is 12.3 Å². The third-order valence-electron chi connectivity index (χ3n) is 2.39. The molecule has 0 bridgehead atoms. The van der Waals surface area contributed by atoms with Crippen molar-refractivity contribution >= 4 is 0 Å². The molecule has 1 heterocycles. The minimum Gasteiger partial charge on any atom is -0.270 e. The Kier molecular flexibility index (Phi) is 4.18. The highest BCUT2D eigenvalue weighted by Gasteiger charge is 2.14. The van der Waals surface area contributed by atoms with Gasteiger partial charge in [-0.05, 0) is 30.7 Å². The first-order chi connectivity index (χ1) is 6.59. The molecule has 80 valence electrons. The fraction of sp³-hybridized carbons (Fsp3) is 0.750. The Morgan fingerprint density at radius 1 is 1.07 bits per heavy atom. The Balaban J connectivity index is 2.62. The molecule has 1 aromatic heterocycles. The maximum atomic E-state index is 4.34. The summed E-state index contributed by atoms with van der Waals surface area (Å²) >= 11 is 0. The van der Waals surface area contributed by atoms with Crippen LogP contribution in [0.15, 0.2) is 18.5 Å². The summed E-state index contributed by atoms with van der Waals surface area (Å²) in [6.45, 7) is 9.10. The van der Waals surface area contributed by atoms with Gasteiger partial charge in [-0.2, -0.15) is 5.10 Å². The van der Waals surface area contributed by atoms with E-state index in [1.54, 1.807) is 0 Å². The van der Waals surface area contributed by atoms with E-state index in [2.05, 4.69) is 43.7 Å². The van der Waals surface area contributed by atoms with Crippen LogP contribution in [0.5, 0.6) is 0 Å². The average Bonchev–Trinajstić information content (AvgIpc) is 2.52. The Morgan fingerprint density at radius 2 is 1.64 bits per heavy atom. The molecule has 0 aromatic carbocycles. The van der Waals surface area contributed by atoms with Crippen LogP contribution in [-0.2, 0) is 0 Å². The summed E-state index contributed by atoms with van der Waals surface area (Å²) in [5.41, 5.74) is 0. The summed E-state index contributed by atoms with van der Waals surface area (Å²) in [5, 5.41) is 4.34. The lowest BCUT2D eigenvalue weighted by Crippen LogP contribution is -2.14. The first-order valence-corrected chi connectivity index (χ1v) is 5.58. The molecule has 0 fully saturated rings. The van der Waals surface area contributed by atoms with Crippen molar-refractivity contribution in [3.63, 3.8) is 0 Å². The zero-order chi connectivity index (χ0) is 10.6. The van der Waals surface area contributed by atoms with Gasteiger partial charge in [-0.1, -0.05) is 27.7 Å². The lowest BCUT2D eigenvalue weighted by Gasteiger charge is -2.21. The molecule has 0 saturated carbocycles. The average molecular weight is 194 g/mol. The molecule has 0 aliphatic heterocycles.